The van der Waals surface area contributed by atoms with Gasteiger partial charge in [-0.15, -0.1) is 0 Å². The van der Waals surface area contributed by atoms with E-state index in [1.807, 2.05) is 0 Å². The summed E-state index contributed by atoms with van der Waals surface area (Å²) in [5.41, 5.74) is -6.91. The summed E-state index contributed by atoms with van der Waals surface area (Å²) >= 11 is 0. The fourth-order valence-corrected chi connectivity index (χ4v) is 1.80. The van der Waals surface area contributed by atoms with Gasteiger partial charge in [-0.3, -0.25) is 0 Å². The summed E-state index contributed by atoms with van der Waals surface area (Å²) in [5.74, 6) is -1.47. The molecule has 0 aromatic heterocycles. The van der Waals surface area contributed by atoms with Crippen molar-refractivity contribution in [2.45, 2.75) is 45.1 Å². The number of carbonyl (C=O) groups is 1. The van der Waals surface area contributed by atoms with Gasteiger partial charge in [-0.05, 0) is 27.7 Å². The quantitative estimate of drug-likeness (QED) is 0.587. The molecule has 7 heteroatoms. The molecule has 1 fully saturated rings. The number of halogens is 4. The van der Waals surface area contributed by atoms with Crippen molar-refractivity contribution in [2.24, 2.45) is 5.41 Å². The van der Waals surface area contributed by atoms with Crippen molar-refractivity contribution < 1.29 is 27.1 Å². The lowest BCUT2D eigenvalue weighted by atomic mass is 9.76. The van der Waals surface area contributed by atoms with Crippen LogP contribution in [0.25, 0.3) is 0 Å². The Kier molecular flexibility index (Phi) is 3.45. The van der Waals surface area contributed by atoms with Crippen LogP contribution in [0.5, 0.6) is 0 Å². The first kappa shape index (κ1) is 15.2. The number of ether oxygens (including phenoxy) is 1. The number of alkyl halides is 4. The third-order valence-electron chi connectivity index (χ3n) is 3.07. The van der Waals surface area contributed by atoms with E-state index >= 15 is 0 Å². The van der Waals surface area contributed by atoms with Crippen LogP contribution in [0.2, 0.25) is 0 Å². The van der Waals surface area contributed by atoms with E-state index in [1.165, 1.54) is 20.8 Å². The van der Waals surface area contributed by atoms with Crippen molar-refractivity contribution in [3.63, 3.8) is 0 Å². The van der Waals surface area contributed by atoms with Gasteiger partial charge in [0.05, 0.1) is 0 Å². The van der Waals surface area contributed by atoms with Gasteiger partial charge in [-0.25, -0.2) is 9.18 Å². The molecule has 0 aliphatic carbocycles. The minimum atomic E-state index is -4.83. The Bertz CT molecular complexity index is 350. The molecule has 0 aromatic carbocycles. The maximum Gasteiger partial charge on any atom is 0.399 e. The Balaban J connectivity index is 3.08. The van der Waals surface area contributed by atoms with Crippen LogP contribution >= 0.6 is 0 Å². The van der Waals surface area contributed by atoms with Crippen LogP contribution in [-0.4, -0.2) is 36.5 Å². The summed E-state index contributed by atoms with van der Waals surface area (Å²) in [5, 5.41) is 2.28. The Morgan fingerprint density at radius 2 is 1.72 bits per heavy atom. The lowest BCUT2D eigenvalue weighted by Gasteiger charge is -2.37. The summed E-state index contributed by atoms with van der Waals surface area (Å²) < 4.78 is 58.1. The Hall–Kier alpha value is -0.850. The van der Waals surface area contributed by atoms with Crippen LogP contribution < -0.4 is 5.32 Å². The van der Waals surface area contributed by atoms with E-state index in [2.05, 4.69) is 5.32 Å². The average molecular weight is 271 g/mol. The predicted octanol–water partition coefficient (Wildman–Crippen LogP) is 2.21. The standard InChI is InChI=1S/C11H17F4NO2/c1-8(2,3)18-7(17)10(12)6-16-5-9(10,4)11(13,14)15/h16H,5-6H2,1-4H3. The SMILES string of the molecule is CC(C)(C)OC(=O)C1(F)CNCC1(C)C(F)(F)F. The van der Waals surface area contributed by atoms with E-state index in [9.17, 15) is 22.4 Å². The van der Waals surface area contributed by atoms with Crippen LogP contribution in [0.1, 0.15) is 27.7 Å². The third-order valence-corrected chi connectivity index (χ3v) is 3.07. The number of rotatable bonds is 1. The fourth-order valence-electron chi connectivity index (χ4n) is 1.80. The van der Waals surface area contributed by atoms with Gasteiger partial charge in [-0.1, -0.05) is 0 Å². The highest BCUT2D eigenvalue weighted by molar-refractivity contribution is 5.82. The molecule has 2 unspecified atom stereocenters. The molecular weight excluding hydrogens is 254 g/mol. The van der Waals surface area contributed by atoms with Crippen molar-refractivity contribution in [3.05, 3.63) is 0 Å². The topological polar surface area (TPSA) is 38.3 Å². The van der Waals surface area contributed by atoms with Gasteiger partial charge >= 0.3 is 12.1 Å². The fraction of sp³-hybridized carbons (Fsp3) is 0.909. The van der Waals surface area contributed by atoms with Gasteiger partial charge in [0.1, 0.15) is 11.0 Å². The molecule has 2 atom stereocenters. The van der Waals surface area contributed by atoms with Gasteiger partial charge in [0, 0.05) is 13.1 Å². The second-order valence-electron chi connectivity index (χ2n) is 5.74. The first-order valence-corrected chi connectivity index (χ1v) is 5.53. The van der Waals surface area contributed by atoms with Crippen molar-refractivity contribution in [1.82, 2.24) is 5.32 Å². The minimum Gasteiger partial charge on any atom is -0.458 e. The summed E-state index contributed by atoms with van der Waals surface area (Å²) in [6.45, 7) is 3.77. The van der Waals surface area contributed by atoms with Crippen molar-refractivity contribution >= 4 is 5.97 Å². The zero-order valence-electron chi connectivity index (χ0n) is 10.7. The van der Waals surface area contributed by atoms with E-state index < -0.39 is 41.9 Å². The van der Waals surface area contributed by atoms with E-state index in [0.29, 0.717) is 6.92 Å². The Morgan fingerprint density at radius 3 is 2.11 bits per heavy atom. The normalized spacial score (nSPS) is 33.6. The molecule has 106 valence electrons. The minimum absolute atomic E-state index is 0.647. The lowest BCUT2D eigenvalue weighted by molar-refractivity contribution is -0.252. The summed E-state index contributed by atoms with van der Waals surface area (Å²) in [6, 6.07) is 0. The zero-order chi connectivity index (χ0) is 14.4. The monoisotopic (exact) mass is 271 g/mol. The number of hydrogen-bond donors (Lipinski definition) is 1. The first-order chi connectivity index (χ1) is 7.83. The highest BCUT2D eigenvalue weighted by Gasteiger charge is 2.71. The van der Waals surface area contributed by atoms with Gasteiger partial charge < -0.3 is 10.1 Å². The summed E-state index contributed by atoms with van der Waals surface area (Å²) in [4.78, 5) is 11.7. The molecule has 0 radical (unpaired) electrons. The molecule has 1 aliphatic rings. The van der Waals surface area contributed by atoms with E-state index in [0.717, 1.165) is 0 Å². The van der Waals surface area contributed by atoms with Gasteiger partial charge in [0.2, 0.25) is 5.67 Å². The summed E-state index contributed by atoms with van der Waals surface area (Å²) in [6.07, 6.45) is -4.83. The molecule has 0 saturated carbocycles. The first-order valence-electron chi connectivity index (χ1n) is 5.53. The van der Waals surface area contributed by atoms with Crippen LogP contribution in [0.4, 0.5) is 17.6 Å². The maximum atomic E-state index is 14.5. The van der Waals surface area contributed by atoms with E-state index in [1.54, 1.807) is 0 Å². The second-order valence-corrected chi connectivity index (χ2v) is 5.74. The highest BCUT2D eigenvalue weighted by atomic mass is 19.4. The molecule has 0 aromatic rings. The third kappa shape index (κ3) is 2.32. The molecule has 0 bridgehead atoms. The number of esters is 1. The van der Waals surface area contributed by atoms with Crippen LogP contribution in [0.15, 0.2) is 0 Å². The van der Waals surface area contributed by atoms with Gasteiger partial charge in [-0.2, -0.15) is 13.2 Å². The average Bonchev–Trinajstić information content (AvgIpc) is 2.41. The molecule has 18 heavy (non-hydrogen) atoms. The van der Waals surface area contributed by atoms with E-state index in [4.69, 9.17) is 4.74 Å². The second kappa shape index (κ2) is 4.08. The molecule has 0 amide bonds. The number of hydrogen-bond acceptors (Lipinski definition) is 3. The molecule has 3 nitrogen and oxygen atoms in total. The molecule has 1 saturated heterocycles. The van der Waals surface area contributed by atoms with E-state index in [-0.39, 0.29) is 0 Å². The van der Waals surface area contributed by atoms with Crippen molar-refractivity contribution in [3.8, 4) is 0 Å². The molecule has 1 N–H and O–H groups in total. The van der Waals surface area contributed by atoms with Crippen molar-refractivity contribution in [1.29, 1.82) is 0 Å². The molecule has 1 heterocycles. The lowest BCUT2D eigenvalue weighted by Crippen LogP contribution is -2.57. The molecule has 1 rings (SSSR count). The molecule has 1 aliphatic heterocycles. The maximum absolute atomic E-state index is 14.5. The van der Waals surface area contributed by atoms with Crippen LogP contribution in [-0.2, 0) is 9.53 Å². The smallest absolute Gasteiger partial charge is 0.399 e. The Morgan fingerprint density at radius 1 is 1.22 bits per heavy atom. The van der Waals surface area contributed by atoms with Crippen LogP contribution in [0, 0.1) is 5.41 Å². The van der Waals surface area contributed by atoms with Crippen LogP contribution in [0.3, 0.4) is 0 Å². The van der Waals surface area contributed by atoms with Gasteiger partial charge in [0.15, 0.2) is 0 Å². The Labute approximate surface area is 103 Å². The predicted molar refractivity (Wildman–Crippen MR) is 56.7 cm³/mol. The molecule has 0 spiro atoms. The molecular formula is C11H17F4NO2. The highest BCUT2D eigenvalue weighted by Crippen LogP contribution is 2.51. The van der Waals surface area contributed by atoms with Gasteiger partial charge in [0.25, 0.3) is 0 Å². The summed E-state index contributed by atoms with van der Waals surface area (Å²) in [7, 11) is 0. The largest absolute Gasteiger partial charge is 0.458 e. The van der Waals surface area contributed by atoms with Crippen molar-refractivity contribution in [2.75, 3.05) is 13.1 Å². The number of carbonyl (C=O) groups excluding carboxylic acids is 1. The number of nitrogens with one attached hydrogen (secondary N) is 1. The zero-order valence-corrected chi connectivity index (χ0v) is 10.7.